The lowest BCUT2D eigenvalue weighted by molar-refractivity contribution is 0.629. The normalized spacial score (nSPS) is 11.8. The van der Waals surface area contributed by atoms with E-state index in [9.17, 15) is 0 Å². The van der Waals surface area contributed by atoms with Gasteiger partial charge < -0.3 is 0 Å². The third-order valence-electron chi connectivity index (χ3n) is 3.90. The average molecular weight is 293 g/mol. The van der Waals surface area contributed by atoms with Gasteiger partial charge in [0, 0.05) is 11.9 Å². The molecule has 0 saturated heterocycles. The van der Waals surface area contributed by atoms with Crippen molar-refractivity contribution in [2.75, 3.05) is 6.16 Å². The second-order valence-corrected chi connectivity index (χ2v) is 9.81. The van der Waals surface area contributed by atoms with Crippen LogP contribution in [-0.4, -0.2) is 22.5 Å². The predicted molar refractivity (Wildman–Crippen MR) is 93.1 cm³/mol. The lowest BCUT2D eigenvalue weighted by Gasteiger charge is -2.25. The second-order valence-electron chi connectivity index (χ2n) is 6.26. The summed E-state index contributed by atoms with van der Waals surface area (Å²) in [7, 11) is 0.251. The zero-order chi connectivity index (χ0) is 14.8. The number of pyridine rings is 1. The van der Waals surface area contributed by atoms with E-state index in [4.69, 9.17) is 0 Å². The highest BCUT2D eigenvalue weighted by Crippen LogP contribution is 2.46. The first-order chi connectivity index (χ1) is 9.61. The quantitative estimate of drug-likeness (QED) is 0.388. The van der Waals surface area contributed by atoms with Crippen molar-refractivity contribution in [3.63, 3.8) is 0 Å². The van der Waals surface area contributed by atoms with E-state index >= 15 is 0 Å². The summed E-state index contributed by atoms with van der Waals surface area (Å²) in [5.74, 6) is 0. The van der Waals surface area contributed by atoms with Gasteiger partial charge in [0.1, 0.15) is 0 Å². The molecule has 114 valence electrons. The molecule has 1 nitrogen and oxygen atoms in total. The monoisotopic (exact) mass is 293 g/mol. The van der Waals surface area contributed by atoms with Gasteiger partial charge in [0.15, 0.2) is 0 Å². The van der Waals surface area contributed by atoms with Gasteiger partial charge in [0.2, 0.25) is 0 Å². The number of aryl methyl sites for hydroxylation is 1. The Morgan fingerprint density at radius 3 is 2.15 bits per heavy atom. The summed E-state index contributed by atoms with van der Waals surface area (Å²) >= 11 is 0. The van der Waals surface area contributed by atoms with Gasteiger partial charge in [-0.25, -0.2) is 0 Å². The molecule has 0 N–H and O–H groups in total. The number of aromatic nitrogens is 1. The van der Waals surface area contributed by atoms with Crippen LogP contribution < -0.4 is 0 Å². The van der Waals surface area contributed by atoms with Gasteiger partial charge in [0.25, 0.3) is 0 Å². The number of rotatable bonds is 10. The molecule has 0 fully saturated rings. The van der Waals surface area contributed by atoms with Crippen molar-refractivity contribution in [2.24, 2.45) is 0 Å². The first-order valence-corrected chi connectivity index (χ1v) is 9.93. The molecule has 1 heterocycles. The molecule has 0 unspecified atom stereocenters. The smallest absolute Gasteiger partial charge is 0.0403 e. The molecule has 0 aliphatic heterocycles. The summed E-state index contributed by atoms with van der Waals surface area (Å²) in [4.78, 5) is 4.38. The zero-order valence-corrected chi connectivity index (χ0v) is 14.7. The maximum atomic E-state index is 4.38. The molecule has 0 radical (unpaired) electrons. The van der Waals surface area contributed by atoms with Crippen LogP contribution in [0.3, 0.4) is 0 Å². The molecule has 0 aliphatic rings. The van der Waals surface area contributed by atoms with E-state index in [-0.39, 0.29) is 7.92 Å². The number of unbranched alkanes of at least 4 members (excludes halogenated alkanes) is 4. The minimum Gasteiger partial charge on any atom is -0.261 e. The zero-order valence-electron chi connectivity index (χ0n) is 13.8. The van der Waals surface area contributed by atoms with Crippen LogP contribution >= 0.6 is 7.92 Å². The molecule has 0 atom stereocenters. The molecule has 1 rings (SSSR count). The molecule has 1 aromatic heterocycles. The van der Waals surface area contributed by atoms with Crippen molar-refractivity contribution in [3.05, 3.63) is 30.1 Å². The van der Waals surface area contributed by atoms with Gasteiger partial charge in [-0.2, -0.15) is 0 Å². The minimum absolute atomic E-state index is 0.251. The van der Waals surface area contributed by atoms with E-state index in [0.717, 1.165) is 17.7 Å². The van der Waals surface area contributed by atoms with Crippen molar-refractivity contribution in [1.29, 1.82) is 0 Å². The Bertz CT molecular complexity index is 327. The highest BCUT2D eigenvalue weighted by Gasteiger charge is 2.15. The summed E-state index contributed by atoms with van der Waals surface area (Å²) in [5, 5.41) is 0. The molecule has 0 saturated carbocycles. The summed E-state index contributed by atoms with van der Waals surface area (Å²) in [6, 6.07) is 6.21. The third-order valence-corrected chi connectivity index (χ3v) is 7.39. The van der Waals surface area contributed by atoms with E-state index in [1.165, 1.54) is 44.0 Å². The minimum atomic E-state index is 0.251. The molecule has 0 aromatic carbocycles. The summed E-state index contributed by atoms with van der Waals surface area (Å²) in [6.45, 7) is 9.61. The molecule has 2 heteroatoms. The van der Waals surface area contributed by atoms with Crippen LogP contribution in [0.4, 0.5) is 0 Å². The fourth-order valence-electron chi connectivity index (χ4n) is 2.79. The first-order valence-electron chi connectivity index (χ1n) is 8.27. The van der Waals surface area contributed by atoms with Gasteiger partial charge in [-0.15, -0.1) is 7.92 Å². The molecular weight excluding hydrogens is 261 g/mol. The molecule has 0 amide bonds. The van der Waals surface area contributed by atoms with Crippen LogP contribution in [0.15, 0.2) is 24.4 Å². The molecule has 20 heavy (non-hydrogen) atoms. The van der Waals surface area contributed by atoms with E-state index in [1.54, 1.807) is 0 Å². The van der Waals surface area contributed by atoms with Gasteiger partial charge in [-0.05, 0) is 48.9 Å². The fraction of sp³-hybridized carbons (Fsp3) is 0.722. The Hall–Kier alpha value is -0.420. The Balaban J connectivity index is 2.02. The van der Waals surface area contributed by atoms with E-state index in [0.29, 0.717) is 0 Å². The van der Waals surface area contributed by atoms with E-state index < -0.39 is 0 Å². The standard InChI is InChI=1S/C18H32NP/c1-16(2)20(17(3)4)15-11-7-5-6-8-12-18-13-9-10-14-19-18/h9-10,13-14,16-17H,5-8,11-12,15H2,1-4H3. The van der Waals surface area contributed by atoms with Crippen molar-refractivity contribution in [3.8, 4) is 0 Å². The molecule has 1 aromatic rings. The Morgan fingerprint density at radius 2 is 1.55 bits per heavy atom. The lowest BCUT2D eigenvalue weighted by Crippen LogP contribution is -2.06. The van der Waals surface area contributed by atoms with Gasteiger partial charge >= 0.3 is 0 Å². The van der Waals surface area contributed by atoms with Gasteiger partial charge in [0.05, 0.1) is 0 Å². The third kappa shape index (κ3) is 7.39. The molecule has 0 spiro atoms. The van der Waals surface area contributed by atoms with Crippen LogP contribution in [0.5, 0.6) is 0 Å². The molecule has 0 bridgehead atoms. The highest BCUT2D eigenvalue weighted by atomic mass is 31.1. The van der Waals surface area contributed by atoms with Gasteiger partial charge in [-0.3, -0.25) is 4.98 Å². The van der Waals surface area contributed by atoms with Crippen LogP contribution in [0.2, 0.25) is 0 Å². The lowest BCUT2D eigenvalue weighted by atomic mass is 10.1. The maximum absolute atomic E-state index is 4.38. The maximum Gasteiger partial charge on any atom is 0.0403 e. The Morgan fingerprint density at radius 1 is 0.900 bits per heavy atom. The summed E-state index contributed by atoms with van der Waals surface area (Å²) in [5.41, 5.74) is 3.04. The second kappa shape index (κ2) is 10.3. The average Bonchev–Trinajstić information content (AvgIpc) is 2.42. The molecule has 0 aliphatic carbocycles. The van der Waals surface area contributed by atoms with Crippen molar-refractivity contribution in [1.82, 2.24) is 4.98 Å². The van der Waals surface area contributed by atoms with Crippen LogP contribution in [0, 0.1) is 0 Å². The van der Waals surface area contributed by atoms with Crippen molar-refractivity contribution < 1.29 is 0 Å². The molecular formula is C18H32NP. The topological polar surface area (TPSA) is 12.9 Å². The van der Waals surface area contributed by atoms with Crippen LogP contribution in [0.1, 0.15) is 65.5 Å². The van der Waals surface area contributed by atoms with Gasteiger partial charge in [-0.1, -0.05) is 53.0 Å². The Labute approximate surface area is 127 Å². The number of nitrogens with zero attached hydrogens (tertiary/aromatic N) is 1. The van der Waals surface area contributed by atoms with Crippen molar-refractivity contribution >= 4 is 7.92 Å². The first kappa shape index (κ1) is 17.6. The van der Waals surface area contributed by atoms with E-state index in [2.05, 4.69) is 44.8 Å². The highest BCUT2D eigenvalue weighted by molar-refractivity contribution is 7.59. The number of hydrogen-bond donors (Lipinski definition) is 0. The summed E-state index contributed by atoms with van der Waals surface area (Å²) in [6.07, 6.45) is 11.4. The fourth-order valence-corrected chi connectivity index (χ4v) is 5.60. The summed E-state index contributed by atoms with van der Waals surface area (Å²) < 4.78 is 0. The SMILES string of the molecule is CC(C)P(CCCCCCCc1ccccn1)C(C)C. The van der Waals surface area contributed by atoms with Crippen molar-refractivity contribution in [2.45, 2.75) is 77.5 Å². The van der Waals surface area contributed by atoms with Crippen LogP contribution in [-0.2, 0) is 6.42 Å². The largest absolute Gasteiger partial charge is 0.261 e. The number of hydrogen-bond acceptors (Lipinski definition) is 1. The van der Waals surface area contributed by atoms with Crippen LogP contribution in [0.25, 0.3) is 0 Å². The Kier molecular flexibility index (Phi) is 9.10. The van der Waals surface area contributed by atoms with E-state index in [1.807, 2.05) is 12.3 Å². The predicted octanol–water partition coefficient (Wildman–Crippen LogP) is 5.87.